The maximum atomic E-state index is 12.0. The van der Waals surface area contributed by atoms with Crippen molar-refractivity contribution in [2.45, 2.75) is 6.29 Å². The Balaban J connectivity index is 2.01. The van der Waals surface area contributed by atoms with Crippen molar-refractivity contribution in [2.75, 3.05) is 13.7 Å². The number of rotatable bonds is 6. The predicted octanol–water partition coefficient (Wildman–Crippen LogP) is 2.67. The lowest BCUT2D eigenvalue weighted by molar-refractivity contribution is -0.108. The number of hydrogen-bond donors (Lipinski definition) is 0. The van der Waals surface area contributed by atoms with E-state index in [2.05, 4.69) is 0 Å². The van der Waals surface area contributed by atoms with Crippen molar-refractivity contribution in [1.29, 1.82) is 0 Å². The van der Waals surface area contributed by atoms with Crippen molar-refractivity contribution in [3.63, 3.8) is 0 Å². The summed E-state index contributed by atoms with van der Waals surface area (Å²) in [5.41, 5.74) is 0.749. The molecule has 0 aromatic heterocycles. The van der Waals surface area contributed by atoms with Gasteiger partial charge < -0.3 is 14.2 Å². The second-order valence-corrected chi connectivity index (χ2v) is 4.43. The summed E-state index contributed by atoms with van der Waals surface area (Å²) in [6.45, 7) is -0.0445. The highest BCUT2D eigenvalue weighted by Crippen LogP contribution is 2.09. The fraction of sp³-hybridized carbons (Fsp3) is 0.176. The van der Waals surface area contributed by atoms with Gasteiger partial charge >= 0.3 is 11.9 Å². The summed E-state index contributed by atoms with van der Waals surface area (Å²) in [6.07, 6.45) is -1.11. The van der Waals surface area contributed by atoms with E-state index in [1.807, 2.05) is 0 Å². The van der Waals surface area contributed by atoms with Crippen LogP contribution in [0.25, 0.3) is 0 Å². The van der Waals surface area contributed by atoms with Crippen molar-refractivity contribution >= 4 is 11.9 Å². The zero-order chi connectivity index (χ0) is 15.8. The molecule has 2 rings (SSSR count). The molecule has 2 aromatic carbocycles. The van der Waals surface area contributed by atoms with Crippen LogP contribution in [0.15, 0.2) is 60.7 Å². The van der Waals surface area contributed by atoms with Gasteiger partial charge in [0.15, 0.2) is 0 Å². The first-order valence-electron chi connectivity index (χ1n) is 6.71. The van der Waals surface area contributed by atoms with Crippen molar-refractivity contribution in [1.82, 2.24) is 0 Å². The molecular weight excluding hydrogens is 284 g/mol. The fourth-order valence-corrected chi connectivity index (χ4v) is 1.75. The smallest absolute Gasteiger partial charge is 0.341 e. The minimum Gasteiger partial charge on any atom is -0.419 e. The summed E-state index contributed by atoms with van der Waals surface area (Å²) in [7, 11) is 1.43. The molecule has 0 heterocycles. The third-order valence-corrected chi connectivity index (χ3v) is 2.80. The summed E-state index contributed by atoms with van der Waals surface area (Å²) in [5, 5.41) is 0. The van der Waals surface area contributed by atoms with Gasteiger partial charge in [-0.2, -0.15) is 0 Å². The van der Waals surface area contributed by atoms with E-state index >= 15 is 0 Å². The number of hydrogen-bond acceptors (Lipinski definition) is 5. The number of benzene rings is 2. The van der Waals surface area contributed by atoms with Gasteiger partial charge in [-0.25, -0.2) is 9.59 Å². The van der Waals surface area contributed by atoms with Crippen molar-refractivity contribution in [3.8, 4) is 0 Å². The normalized spacial score (nSPS) is 10.3. The van der Waals surface area contributed by atoms with Crippen LogP contribution in [-0.2, 0) is 14.2 Å². The molecule has 5 nitrogen and oxygen atoms in total. The minimum absolute atomic E-state index is 0.0445. The van der Waals surface area contributed by atoms with E-state index in [4.69, 9.17) is 14.2 Å². The lowest BCUT2D eigenvalue weighted by atomic mass is 10.2. The summed E-state index contributed by atoms with van der Waals surface area (Å²) < 4.78 is 15.2. The summed E-state index contributed by atoms with van der Waals surface area (Å²) in [4.78, 5) is 24.0. The van der Waals surface area contributed by atoms with Crippen molar-refractivity contribution in [3.05, 3.63) is 71.8 Å². The zero-order valence-corrected chi connectivity index (χ0v) is 12.1. The largest absolute Gasteiger partial charge is 0.419 e. The standard InChI is InChI=1S/C17H16O5/c1-20-12-15(21-16(18)13-8-4-2-5-9-13)22-17(19)14-10-6-3-7-11-14/h2-11,15H,12H2,1H3. The van der Waals surface area contributed by atoms with Crippen LogP contribution in [0.1, 0.15) is 20.7 Å². The van der Waals surface area contributed by atoms with Gasteiger partial charge in [0.05, 0.1) is 11.1 Å². The molecule has 0 radical (unpaired) electrons. The molecular formula is C17H16O5. The molecule has 0 aliphatic rings. The average Bonchev–Trinajstić information content (AvgIpc) is 2.56. The molecule has 0 amide bonds. The van der Waals surface area contributed by atoms with Gasteiger partial charge in [-0.15, -0.1) is 0 Å². The molecule has 0 atom stereocenters. The Morgan fingerprint density at radius 1 is 0.818 bits per heavy atom. The Labute approximate surface area is 128 Å². The van der Waals surface area contributed by atoms with Crippen LogP contribution < -0.4 is 0 Å². The van der Waals surface area contributed by atoms with E-state index in [1.165, 1.54) is 7.11 Å². The average molecular weight is 300 g/mol. The zero-order valence-electron chi connectivity index (χ0n) is 12.1. The third kappa shape index (κ3) is 4.43. The fourth-order valence-electron chi connectivity index (χ4n) is 1.75. The first kappa shape index (κ1) is 15.7. The molecule has 0 saturated carbocycles. The van der Waals surface area contributed by atoms with E-state index in [-0.39, 0.29) is 6.61 Å². The monoisotopic (exact) mass is 300 g/mol. The van der Waals surface area contributed by atoms with Gasteiger partial charge in [-0.1, -0.05) is 36.4 Å². The lowest BCUT2D eigenvalue weighted by Gasteiger charge is -2.17. The molecule has 0 aliphatic carbocycles. The number of carbonyl (C=O) groups is 2. The quantitative estimate of drug-likeness (QED) is 0.606. The number of ether oxygens (including phenoxy) is 3. The van der Waals surface area contributed by atoms with Gasteiger partial charge in [0.2, 0.25) is 0 Å². The Hall–Kier alpha value is -2.66. The Morgan fingerprint density at radius 2 is 1.23 bits per heavy atom. The van der Waals surface area contributed by atoms with E-state index in [1.54, 1.807) is 60.7 Å². The van der Waals surface area contributed by atoms with Gasteiger partial charge in [0.1, 0.15) is 6.61 Å². The topological polar surface area (TPSA) is 61.8 Å². The van der Waals surface area contributed by atoms with Crippen LogP contribution in [-0.4, -0.2) is 31.9 Å². The van der Waals surface area contributed by atoms with Crippen LogP contribution in [0.4, 0.5) is 0 Å². The van der Waals surface area contributed by atoms with Crippen molar-refractivity contribution in [2.24, 2.45) is 0 Å². The first-order chi connectivity index (χ1) is 10.7. The summed E-state index contributed by atoms with van der Waals surface area (Å²) in [5.74, 6) is -1.16. The SMILES string of the molecule is COCC(OC(=O)c1ccccc1)OC(=O)c1ccccc1. The van der Waals surface area contributed by atoms with Gasteiger partial charge in [-0.3, -0.25) is 0 Å². The molecule has 0 N–H and O–H groups in total. The van der Waals surface area contributed by atoms with E-state index in [0.717, 1.165) is 0 Å². The maximum absolute atomic E-state index is 12.0. The number of methoxy groups -OCH3 is 1. The molecule has 114 valence electrons. The van der Waals surface area contributed by atoms with E-state index in [9.17, 15) is 9.59 Å². The van der Waals surface area contributed by atoms with Crippen LogP contribution in [0.2, 0.25) is 0 Å². The summed E-state index contributed by atoms with van der Waals surface area (Å²) in [6, 6.07) is 16.9. The maximum Gasteiger partial charge on any atom is 0.341 e. The molecule has 22 heavy (non-hydrogen) atoms. The Bertz CT molecular complexity index is 556. The molecule has 0 fully saturated rings. The van der Waals surface area contributed by atoms with Crippen LogP contribution in [0.5, 0.6) is 0 Å². The lowest BCUT2D eigenvalue weighted by Crippen LogP contribution is -2.28. The molecule has 0 spiro atoms. The molecule has 0 unspecified atom stereocenters. The van der Waals surface area contributed by atoms with Crippen LogP contribution >= 0.6 is 0 Å². The second-order valence-electron chi connectivity index (χ2n) is 4.43. The first-order valence-corrected chi connectivity index (χ1v) is 6.71. The van der Waals surface area contributed by atoms with E-state index < -0.39 is 18.2 Å². The highest BCUT2D eigenvalue weighted by Gasteiger charge is 2.20. The molecule has 5 heteroatoms. The molecule has 2 aromatic rings. The Morgan fingerprint density at radius 3 is 1.59 bits per heavy atom. The van der Waals surface area contributed by atoms with Crippen LogP contribution in [0, 0.1) is 0 Å². The number of esters is 2. The molecule has 0 aliphatic heterocycles. The van der Waals surface area contributed by atoms with Crippen molar-refractivity contribution < 1.29 is 23.8 Å². The highest BCUT2D eigenvalue weighted by molar-refractivity contribution is 5.90. The second kappa shape index (κ2) is 7.95. The van der Waals surface area contributed by atoms with Crippen LogP contribution in [0.3, 0.4) is 0 Å². The Kier molecular flexibility index (Phi) is 5.68. The molecule has 0 bridgehead atoms. The predicted molar refractivity (Wildman–Crippen MR) is 79.4 cm³/mol. The number of carbonyl (C=O) groups excluding carboxylic acids is 2. The minimum atomic E-state index is -1.11. The molecule has 0 saturated heterocycles. The van der Waals surface area contributed by atoms with Gasteiger partial charge in [0.25, 0.3) is 6.29 Å². The van der Waals surface area contributed by atoms with E-state index in [0.29, 0.717) is 11.1 Å². The van der Waals surface area contributed by atoms with Gasteiger partial charge in [-0.05, 0) is 24.3 Å². The third-order valence-electron chi connectivity index (χ3n) is 2.80. The van der Waals surface area contributed by atoms with Gasteiger partial charge in [0, 0.05) is 7.11 Å². The highest BCUT2D eigenvalue weighted by atomic mass is 16.7. The summed E-state index contributed by atoms with van der Waals surface area (Å²) >= 11 is 0.